The van der Waals surface area contributed by atoms with Gasteiger partial charge in [0, 0.05) is 18.5 Å². The van der Waals surface area contributed by atoms with E-state index >= 15 is 0 Å². The molecule has 24 heavy (non-hydrogen) atoms. The lowest BCUT2D eigenvalue weighted by molar-refractivity contribution is -0.274. The van der Waals surface area contributed by atoms with Gasteiger partial charge in [-0.2, -0.15) is 0 Å². The summed E-state index contributed by atoms with van der Waals surface area (Å²) in [6.07, 6.45) is -2.13. The van der Waals surface area contributed by atoms with Crippen molar-refractivity contribution in [3.05, 3.63) is 36.3 Å². The molecule has 7 nitrogen and oxygen atoms in total. The number of thiazole rings is 1. The number of nitrogens with zero attached hydrogens (tertiary/aromatic N) is 3. The molecule has 2 aromatic heterocycles. The molecule has 0 bridgehead atoms. The molecule has 3 aromatic rings. The van der Waals surface area contributed by atoms with Gasteiger partial charge >= 0.3 is 6.36 Å². The normalized spacial score (nSPS) is 11.5. The second-order valence-corrected chi connectivity index (χ2v) is 5.47. The first kappa shape index (κ1) is 15.9. The highest BCUT2D eigenvalue weighted by molar-refractivity contribution is 7.22. The van der Waals surface area contributed by atoms with Gasteiger partial charge in [-0.1, -0.05) is 11.3 Å². The summed E-state index contributed by atoms with van der Waals surface area (Å²) in [7, 11) is 0. The first-order valence-corrected chi connectivity index (χ1v) is 7.17. The minimum Gasteiger partial charge on any atom is -0.406 e. The summed E-state index contributed by atoms with van der Waals surface area (Å²) < 4.78 is 40.9. The molecule has 0 aliphatic rings. The van der Waals surface area contributed by atoms with Crippen LogP contribution < -0.4 is 15.8 Å². The number of benzene rings is 1. The number of fused-ring (bicyclic) bond motifs is 1. The number of halogens is 3. The zero-order valence-corrected chi connectivity index (χ0v) is 12.5. The van der Waals surface area contributed by atoms with E-state index in [4.69, 9.17) is 5.73 Å². The van der Waals surface area contributed by atoms with Crippen LogP contribution in [0, 0.1) is 0 Å². The summed E-state index contributed by atoms with van der Waals surface area (Å²) in [5.41, 5.74) is 5.90. The van der Waals surface area contributed by atoms with Crippen molar-refractivity contribution < 1.29 is 22.7 Å². The van der Waals surface area contributed by atoms with Crippen molar-refractivity contribution in [3.63, 3.8) is 0 Å². The molecule has 3 rings (SSSR count). The van der Waals surface area contributed by atoms with Gasteiger partial charge in [0.05, 0.1) is 10.2 Å². The summed E-state index contributed by atoms with van der Waals surface area (Å²) in [5, 5.41) is 2.66. The van der Waals surface area contributed by atoms with Crippen molar-refractivity contribution in [2.24, 2.45) is 0 Å². The van der Waals surface area contributed by atoms with Gasteiger partial charge in [0.25, 0.3) is 5.91 Å². The largest absolute Gasteiger partial charge is 0.573 e. The highest BCUT2D eigenvalue weighted by Gasteiger charge is 2.31. The van der Waals surface area contributed by atoms with Crippen LogP contribution in [0.4, 0.5) is 24.1 Å². The van der Waals surface area contributed by atoms with E-state index in [1.54, 1.807) is 0 Å². The number of amides is 1. The van der Waals surface area contributed by atoms with Crippen molar-refractivity contribution in [1.29, 1.82) is 0 Å². The maximum atomic E-state index is 12.2. The standard InChI is InChI=1S/C13H8F3N5O2S/c14-13(15,16)23-6-1-2-7-8(5-6)24-12(20-7)21-11(22)9-10(17)19-4-3-18-9/h1-5H,(H2,17,19)(H,20,21,22). The van der Waals surface area contributed by atoms with Crippen LogP contribution in [0.5, 0.6) is 5.75 Å². The molecular formula is C13H8F3N5O2S. The van der Waals surface area contributed by atoms with E-state index in [0.717, 1.165) is 17.4 Å². The maximum Gasteiger partial charge on any atom is 0.573 e. The number of nitrogen functional groups attached to an aromatic ring is 1. The average molecular weight is 355 g/mol. The fraction of sp³-hybridized carbons (Fsp3) is 0.0769. The van der Waals surface area contributed by atoms with Gasteiger partial charge < -0.3 is 10.5 Å². The Balaban J connectivity index is 1.83. The zero-order chi connectivity index (χ0) is 17.3. The molecule has 1 amide bonds. The van der Waals surface area contributed by atoms with Crippen LogP contribution in [0.2, 0.25) is 0 Å². The number of carbonyl (C=O) groups excluding carboxylic acids is 1. The fourth-order valence-electron chi connectivity index (χ4n) is 1.84. The monoisotopic (exact) mass is 355 g/mol. The molecule has 0 saturated carbocycles. The lowest BCUT2D eigenvalue weighted by Gasteiger charge is -2.07. The third kappa shape index (κ3) is 3.51. The maximum absolute atomic E-state index is 12.2. The Morgan fingerprint density at radius 1 is 1.25 bits per heavy atom. The van der Waals surface area contributed by atoms with Gasteiger partial charge in [-0.05, 0) is 12.1 Å². The topological polar surface area (TPSA) is 103 Å². The molecule has 0 spiro atoms. The first-order valence-electron chi connectivity index (χ1n) is 6.36. The van der Waals surface area contributed by atoms with E-state index in [-0.39, 0.29) is 22.4 Å². The van der Waals surface area contributed by atoms with E-state index in [1.165, 1.54) is 24.5 Å². The Labute approximate surface area is 136 Å². The lowest BCUT2D eigenvalue weighted by atomic mass is 10.3. The number of nitrogens with one attached hydrogen (secondary N) is 1. The summed E-state index contributed by atoms with van der Waals surface area (Å²) in [5.74, 6) is -1.03. The van der Waals surface area contributed by atoms with Crippen molar-refractivity contribution in [3.8, 4) is 5.75 Å². The van der Waals surface area contributed by atoms with Crippen LogP contribution in [-0.4, -0.2) is 27.2 Å². The summed E-state index contributed by atoms with van der Waals surface area (Å²) >= 11 is 0.987. The molecule has 124 valence electrons. The molecule has 3 N–H and O–H groups in total. The molecule has 0 atom stereocenters. The molecule has 1 aromatic carbocycles. The number of carbonyl (C=O) groups is 1. The second kappa shape index (κ2) is 5.92. The van der Waals surface area contributed by atoms with E-state index < -0.39 is 12.3 Å². The third-order valence-corrected chi connectivity index (χ3v) is 3.69. The minimum absolute atomic E-state index is 0.0445. The molecule has 0 radical (unpaired) electrons. The Hall–Kier alpha value is -2.95. The highest BCUT2D eigenvalue weighted by Crippen LogP contribution is 2.31. The zero-order valence-electron chi connectivity index (χ0n) is 11.7. The van der Waals surface area contributed by atoms with Crippen LogP contribution in [0.15, 0.2) is 30.6 Å². The van der Waals surface area contributed by atoms with Crippen LogP contribution in [0.25, 0.3) is 10.2 Å². The number of anilines is 2. The Kier molecular flexibility index (Phi) is 3.93. The van der Waals surface area contributed by atoms with Crippen molar-refractivity contribution >= 4 is 38.4 Å². The van der Waals surface area contributed by atoms with Gasteiger partial charge in [-0.3, -0.25) is 10.1 Å². The molecule has 0 aliphatic carbocycles. The lowest BCUT2D eigenvalue weighted by Crippen LogP contribution is -2.16. The van der Waals surface area contributed by atoms with E-state index in [9.17, 15) is 18.0 Å². The van der Waals surface area contributed by atoms with E-state index in [2.05, 4.69) is 25.0 Å². The van der Waals surface area contributed by atoms with Gasteiger partial charge in [0.2, 0.25) is 0 Å². The van der Waals surface area contributed by atoms with Crippen LogP contribution >= 0.6 is 11.3 Å². The molecule has 2 heterocycles. The predicted molar refractivity (Wildman–Crippen MR) is 80.7 cm³/mol. The number of aromatic nitrogens is 3. The van der Waals surface area contributed by atoms with Gasteiger partial charge in [0.15, 0.2) is 16.6 Å². The van der Waals surface area contributed by atoms with Crippen molar-refractivity contribution in [2.45, 2.75) is 6.36 Å². The molecule has 0 saturated heterocycles. The number of ether oxygens (including phenoxy) is 1. The second-order valence-electron chi connectivity index (χ2n) is 4.44. The van der Waals surface area contributed by atoms with Gasteiger partial charge in [0.1, 0.15) is 5.75 Å². The Morgan fingerprint density at radius 2 is 2.00 bits per heavy atom. The third-order valence-electron chi connectivity index (χ3n) is 2.76. The van der Waals surface area contributed by atoms with Crippen molar-refractivity contribution in [1.82, 2.24) is 15.0 Å². The summed E-state index contributed by atoms with van der Waals surface area (Å²) in [6.45, 7) is 0. The SMILES string of the molecule is Nc1nccnc1C(=O)Nc1nc2ccc(OC(F)(F)F)cc2s1. The number of nitrogens with two attached hydrogens (primary N) is 1. The average Bonchev–Trinajstić information content (AvgIpc) is 2.87. The van der Waals surface area contributed by atoms with Crippen LogP contribution in [0.1, 0.15) is 10.5 Å². The molecule has 0 aliphatic heterocycles. The predicted octanol–water partition coefficient (Wildman–Crippen LogP) is 2.82. The van der Waals surface area contributed by atoms with Crippen molar-refractivity contribution in [2.75, 3.05) is 11.1 Å². The smallest absolute Gasteiger partial charge is 0.406 e. The van der Waals surface area contributed by atoms with Crippen LogP contribution in [-0.2, 0) is 0 Å². The van der Waals surface area contributed by atoms with Crippen LogP contribution in [0.3, 0.4) is 0 Å². The molecule has 11 heteroatoms. The Bertz CT molecular complexity index is 912. The number of hydrogen-bond acceptors (Lipinski definition) is 7. The van der Waals surface area contributed by atoms with Gasteiger partial charge in [-0.25, -0.2) is 15.0 Å². The summed E-state index contributed by atoms with van der Waals surface area (Å²) in [4.78, 5) is 23.7. The van der Waals surface area contributed by atoms with E-state index in [1.807, 2.05) is 0 Å². The molecule has 0 fully saturated rings. The number of rotatable bonds is 3. The first-order chi connectivity index (χ1) is 11.3. The Morgan fingerprint density at radius 3 is 2.71 bits per heavy atom. The molecule has 0 unspecified atom stereocenters. The quantitative estimate of drug-likeness (QED) is 0.749. The van der Waals surface area contributed by atoms with E-state index in [0.29, 0.717) is 10.2 Å². The van der Waals surface area contributed by atoms with Gasteiger partial charge in [-0.15, -0.1) is 13.2 Å². The minimum atomic E-state index is -4.78. The number of alkyl halides is 3. The molecular weight excluding hydrogens is 347 g/mol. The summed E-state index contributed by atoms with van der Waals surface area (Å²) in [6, 6.07) is 3.69. The number of hydrogen-bond donors (Lipinski definition) is 2. The highest BCUT2D eigenvalue weighted by atomic mass is 32.1. The fourth-order valence-corrected chi connectivity index (χ4v) is 2.72.